The Morgan fingerprint density at radius 3 is 2.37 bits per heavy atom. The number of pyridine rings is 1. The first-order chi connectivity index (χ1) is 14.1. The summed E-state index contributed by atoms with van der Waals surface area (Å²) in [6.07, 6.45) is 6.76. The van der Waals surface area contributed by atoms with E-state index in [0.29, 0.717) is 17.3 Å². The van der Waals surface area contributed by atoms with Gasteiger partial charge in [-0.3, -0.25) is 9.79 Å². The molecule has 1 aliphatic rings. The number of aromatic hydroxyl groups is 1. The maximum atomic E-state index is 12.7. The number of nitrogens with zero attached hydrogens (tertiary/aromatic N) is 2. The van der Waals surface area contributed by atoms with Crippen molar-refractivity contribution in [1.82, 2.24) is 10.3 Å². The lowest BCUT2D eigenvalue weighted by molar-refractivity contribution is -0.137. The van der Waals surface area contributed by atoms with Crippen LogP contribution >= 0.6 is 0 Å². The van der Waals surface area contributed by atoms with Gasteiger partial charge in [0.15, 0.2) is 0 Å². The van der Waals surface area contributed by atoms with Gasteiger partial charge in [-0.05, 0) is 43.2 Å². The summed E-state index contributed by atoms with van der Waals surface area (Å²) < 4.78 is 38.2. The standard InChI is InChI=1S/C15H14F3N3O.C4H7NO.C2H2/c1-8-5-10(15(16,17)18)6-12(22)13(8)11-4-3-9(7-20-2)14(19)21-11;6-4-2-1-3-5-4;1-2/h3-7,22H,1-2H3,(H2,19,21);1-3H2,(H,5,6);1-2H. The summed E-state index contributed by atoms with van der Waals surface area (Å²) in [5.41, 5.74) is 6.25. The van der Waals surface area contributed by atoms with Crippen LogP contribution in [0.2, 0.25) is 0 Å². The molecule has 1 fully saturated rings. The number of terminal acetylenes is 1. The minimum Gasteiger partial charge on any atom is -0.507 e. The number of amides is 1. The summed E-state index contributed by atoms with van der Waals surface area (Å²) >= 11 is 0. The Balaban J connectivity index is 0.000000474. The highest BCUT2D eigenvalue weighted by Crippen LogP contribution is 2.38. The van der Waals surface area contributed by atoms with Gasteiger partial charge in [0, 0.05) is 37.4 Å². The van der Waals surface area contributed by atoms with Crippen molar-refractivity contribution in [1.29, 1.82) is 0 Å². The molecular formula is C21H23F3N4O2. The topological polar surface area (TPSA) is 101 Å². The molecule has 0 atom stereocenters. The van der Waals surface area contributed by atoms with E-state index in [-0.39, 0.29) is 22.9 Å². The number of nitrogens with two attached hydrogens (primary N) is 1. The number of anilines is 1. The molecule has 0 unspecified atom stereocenters. The lowest BCUT2D eigenvalue weighted by Gasteiger charge is -2.13. The predicted molar refractivity (Wildman–Crippen MR) is 111 cm³/mol. The number of phenols is 1. The normalized spacial score (nSPS) is 13.1. The molecule has 30 heavy (non-hydrogen) atoms. The minimum absolute atomic E-state index is 0.182. The Bertz CT molecular complexity index is 907. The monoisotopic (exact) mass is 420 g/mol. The van der Waals surface area contributed by atoms with E-state index in [4.69, 9.17) is 5.73 Å². The number of halogens is 3. The van der Waals surface area contributed by atoms with Crippen LogP contribution in [0.1, 0.15) is 29.5 Å². The number of nitrogen functional groups attached to an aromatic ring is 1. The number of alkyl halides is 3. The third-order valence-electron chi connectivity index (χ3n) is 4.03. The Morgan fingerprint density at radius 1 is 1.30 bits per heavy atom. The molecule has 1 aliphatic heterocycles. The molecule has 0 aliphatic carbocycles. The number of hydrogen-bond acceptors (Lipinski definition) is 5. The zero-order chi connectivity index (χ0) is 22.9. The third kappa shape index (κ3) is 6.51. The molecule has 2 aromatic rings. The first-order valence-corrected chi connectivity index (χ1v) is 8.83. The Labute approximate surface area is 173 Å². The molecule has 0 bridgehead atoms. The van der Waals surface area contributed by atoms with Gasteiger partial charge in [-0.25, -0.2) is 4.98 Å². The zero-order valence-electron chi connectivity index (χ0n) is 16.6. The summed E-state index contributed by atoms with van der Waals surface area (Å²) in [6.45, 7) is 2.36. The average molecular weight is 420 g/mol. The molecule has 0 saturated carbocycles. The highest BCUT2D eigenvalue weighted by Gasteiger charge is 2.32. The van der Waals surface area contributed by atoms with E-state index < -0.39 is 17.5 Å². The Hall–Kier alpha value is -3.54. The number of aryl methyl sites for hydroxylation is 1. The Morgan fingerprint density at radius 2 is 1.97 bits per heavy atom. The number of hydrogen-bond donors (Lipinski definition) is 3. The lowest BCUT2D eigenvalue weighted by atomic mass is 10.00. The van der Waals surface area contributed by atoms with Crippen molar-refractivity contribution in [3.8, 4) is 29.9 Å². The van der Waals surface area contributed by atoms with Gasteiger partial charge in [-0.1, -0.05) is 0 Å². The third-order valence-corrected chi connectivity index (χ3v) is 4.03. The largest absolute Gasteiger partial charge is 0.507 e. The van der Waals surface area contributed by atoms with Crippen LogP contribution in [-0.4, -0.2) is 35.8 Å². The number of rotatable bonds is 2. The van der Waals surface area contributed by atoms with Gasteiger partial charge in [-0.2, -0.15) is 13.2 Å². The van der Waals surface area contributed by atoms with Gasteiger partial charge >= 0.3 is 6.18 Å². The summed E-state index contributed by atoms with van der Waals surface area (Å²) in [4.78, 5) is 18.1. The predicted octanol–water partition coefficient (Wildman–Crippen LogP) is 3.56. The number of carbonyl (C=O) groups is 1. The van der Waals surface area contributed by atoms with Crippen molar-refractivity contribution >= 4 is 17.9 Å². The van der Waals surface area contributed by atoms with Gasteiger partial charge in [0.2, 0.25) is 5.91 Å². The summed E-state index contributed by atoms with van der Waals surface area (Å²) in [5, 5.41) is 12.6. The molecule has 1 aromatic heterocycles. The van der Waals surface area contributed by atoms with E-state index in [1.54, 1.807) is 19.2 Å². The van der Waals surface area contributed by atoms with Crippen LogP contribution < -0.4 is 11.1 Å². The van der Waals surface area contributed by atoms with E-state index >= 15 is 0 Å². The molecule has 1 amide bonds. The Kier molecular flexibility index (Phi) is 8.86. The highest BCUT2D eigenvalue weighted by atomic mass is 19.4. The van der Waals surface area contributed by atoms with E-state index in [2.05, 4.69) is 28.1 Å². The fourth-order valence-electron chi connectivity index (χ4n) is 2.70. The second-order valence-corrected chi connectivity index (χ2v) is 6.20. The van der Waals surface area contributed by atoms with Crippen LogP contribution in [-0.2, 0) is 11.0 Å². The van der Waals surface area contributed by atoms with Gasteiger partial charge < -0.3 is 16.2 Å². The van der Waals surface area contributed by atoms with Crippen molar-refractivity contribution in [2.24, 2.45) is 4.99 Å². The first kappa shape index (κ1) is 24.5. The van der Waals surface area contributed by atoms with Gasteiger partial charge in [0.1, 0.15) is 11.6 Å². The lowest BCUT2D eigenvalue weighted by Crippen LogP contribution is -2.12. The van der Waals surface area contributed by atoms with Crippen LogP contribution in [0, 0.1) is 19.8 Å². The minimum atomic E-state index is -4.52. The maximum Gasteiger partial charge on any atom is 0.416 e. The molecule has 6 nitrogen and oxygen atoms in total. The summed E-state index contributed by atoms with van der Waals surface area (Å²) in [6, 6.07) is 4.86. The van der Waals surface area contributed by atoms with Crippen LogP contribution in [0.5, 0.6) is 5.75 Å². The molecule has 1 saturated heterocycles. The van der Waals surface area contributed by atoms with Crippen molar-refractivity contribution in [3.63, 3.8) is 0 Å². The maximum absolute atomic E-state index is 12.7. The number of aliphatic imine (C=N–C) groups is 1. The zero-order valence-corrected chi connectivity index (χ0v) is 16.6. The van der Waals surface area contributed by atoms with E-state index in [1.807, 2.05) is 0 Å². The van der Waals surface area contributed by atoms with Gasteiger partial charge in [0.05, 0.1) is 11.3 Å². The SMILES string of the molecule is C#C.CN=Cc1ccc(-c2c(C)cc(C(F)(F)F)cc2O)nc1N.O=C1CCCN1. The first-order valence-electron chi connectivity index (χ1n) is 8.83. The number of carbonyl (C=O) groups excluding carboxylic acids is 1. The van der Waals surface area contributed by atoms with E-state index in [9.17, 15) is 23.1 Å². The molecule has 0 radical (unpaired) electrons. The summed E-state index contributed by atoms with van der Waals surface area (Å²) in [5.74, 6) is -0.104. The second kappa shape index (κ2) is 10.9. The van der Waals surface area contributed by atoms with Crippen molar-refractivity contribution in [2.75, 3.05) is 19.3 Å². The van der Waals surface area contributed by atoms with E-state index in [0.717, 1.165) is 25.5 Å². The fourth-order valence-corrected chi connectivity index (χ4v) is 2.70. The second-order valence-electron chi connectivity index (χ2n) is 6.20. The van der Waals surface area contributed by atoms with Crippen molar-refractivity contribution < 1.29 is 23.1 Å². The molecule has 9 heteroatoms. The van der Waals surface area contributed by atoms with Crippen LogP contribution in [0.3, 0.4) is 0 Å². The van der Waals surface area contributed by atoms with Crippen LogP contribution in [0.15, 0.2) is 29.3 Å². The van der Waals surface area contributed by atoms with Crippen molar-refractivity contribution in [2.45, 2.75) is 25.9 Å². The van der Waals surface area contributed by atoms with E-state index in [1.165, 1.54) is 13.1 Å². The smallest absolute Gasteiger partial charge is 0.416 e. The molecule has 0 spiro atoms. The molecule has 2 heterocycles. The highest BCUT2D eigenvalue weighted by molar-refractivity contribution is 5.87. The molecule has 1 aromatic carbocycles. The molecule has 4 N–H and O–H groups in total. The van der Waals surface area contributed by atoms with Gasteiger partial charge in [-0.15, -0.1) is 12.8 Å². The number of benzene rings is 1. The van der Waals surface area contributed by atoms with Crippen LogP contribution in [0.4, 0.5) is 19.0 Å². The molecular weight excluding hydrogens is 397 g/mol. The van der Waals surface area contributed by atoms with Gasteiger partial charge in [0.25, 0.3) is 0 Å². The van der Waals surface area contributed by atoms with Crippen molar-refractivity contribution in [3.05, 3.63) is 41.0 Å². The quantitative estimate of drug-likeness (QED) is 0.511. The molecule has 3 rings (SSSR count). The summed E-state index contributed by atoms with van der Waals surface area (Å²) in [7, 11) is 1.58. The number of nitrogens with one attached hydrogen (secondary N) is 1. The number of aromatic nitrogens is 1. The fraction of sp³-hybridized carbons (Fsp3) is 0.286. The van der Waals surface area contributed by atoms with Crippen LogP contribution in [0.25, 0.3) is 11.3 Å². The molecule has 160 valence electrons. The average Bonchev–Trinajstić information content (AvgIpc) is 3.16. The number of phenolic OH excluding ortho intramolecular Hbond substituents is 1.